The van der Waals surface area contributed by atoms with Gasteiger partial charge in [-0.3, -0.25) is 0 Å². The largest absolute Gasteiger partial charge is 0.453 e. The molecule has 1 aliphatic carbocycles. The Morgan fingerprint density at radius 2 is 2.07 bits per heavy atom. The number of rotatable bonds is 7. The monoisotopic (exact) mass is 445 g/mol. The number of nitrogen functional groups attached to an aromatic ring is 1. The van der Waals surface area contributed by atoms with Crippen molar-refractivity contribution in [2.45, 2.75) is 59.0 Å². The molecule has 3 aromatic rings. The zero-order chi connectivity index (χ0) is 21.1. The quantitative estimate of drug-likeness (QED) is 0.397. The zero-order valence-corrected chi connectivity index (χ0v) is 19.0. The maximum Gasteiger partial charge on any atom is 0.358 e. The second-order valence-electron chi connectivity index (χ2n) is 7.99. The van der Waals surface area contributed by atoms with Crippen molar-refractivity contribution in [2.75, 3.05) is 17.6 Å². The number of anilines is 2. The molecule has 0 aliphatic heterocycles. The first kappa shape index (κ1) is 21.0. The molecule has 0 fully saturated rings. The highest BCUT2D eigenvalue weighted by atomic mass is 32.1. The van der Waals surface area contributed by atoms with Gasteiger partial charge in [-0.2, -0.15) is 0 Å². The topological polar surface area (TPSA) is 103 Å². The van der Waals surface area contributed by atoms with Crippen LogP contribution in [0.3, 0.4) is 0 Å². The summed E-state index contributed by atoms with van der Waals surface area (Å²) < 4.78 is 5.40. The van der Waals surface area contributed by atoms with Crippen molar-refractivity contribution in [3.05, 3.63) is 27.3 Å². The van der Waals surface area contributed by atoms with Crippen LogP contribution in [0.1, 0.15) is 66.3 Å². The number of aromatic nitrogens is 3. The van der Waals surface area contributed by atoms with Gasteiger partial charge in [0, 0.05) is 16.8 Å². The molecule has 0 atom stereocenters. The normalized spacial score (nSPS) is 14.0. The Labute approximate surface area is 184 Å². The molecule has 0 aromatic carbocycles. The first-order valence-electron chi connectivity index (χ1n) is 10.4. The molecule has 3 heterocycles. The van der Waals surface area contributed by atoms with Crippen LogP contribution in [-0.2, 0) is 24.2 Å². The number of carbonyl (C=O) groups is 1. The Kier molecular flexibility index (Phi) is 6.48. The van der Waals surface area contributed by atoms with E-state index in [1.165, 1.54) is 41.0 Å². The van der Waals surface area contributed by atoms with Crippen molar-refractivity contribution in [3.63, 3.8) is 0 Å². The van der Waals surface area contributed by atoms with Crippen molar-refractivity contribution >= 4 is 49.8 Å². The summed E-state index contributed by atoms with van der Waals surface area (Å²) in [4.78, 5) is 28.0. The Bertz CT molecular complexity index is 1040. The molecule has 0 amide bonds. The van der Waals surface area contributed by atoms with Gasteiger partial charge < -0.3 is 15.8 Å². The standard InChI is InChI=1S/C21H27N5O2S2/c1-12(2)8-9-23-21-24-14(11-29-21)20(27)28-10-16-25-18(22)17-13-6-4-3-5-7-15(13)30-19(17)26-16/h11-12H,3-10H2,1-2H3,(H,23,24)(H2,22,25,26). The van der Waals surface area contributed by atoms with Crippen LogP contribution in [0.2, 0.25) is 0 Å². The Hall–Kier alpha value is -2.26. The highest BCUT2D eigenvalue weighted by Gasteiger charge is 2.20. The van der Waals surface area contributed by atoms with Crippen LogP contribution in [0.15, 0.2) is 5.38 Å². The van der Waals surface area contributed by atoms with E-state index in [0.29, 0.717) is 23.3 Å². The molecule has 7 nitrogen and oxygen atoms in total. The SMILES string of the molecule is CC(C)CCNc1nc(C(=O)OCc2nc(N)c3c4c(sc3n2)CCCCC4)cs1. The molecule has 0 saturated carbocycles. The summed E-state index contributed by atoms with van der Waals surface area (Å²) in [5.74, 6) is 1.04. The van der Waals surface area contributed by atoms with Crippen LogP contribution in [0.5, 0.6) is 0 Å². The number of carbonyl (C=O) groups excluding carboxylic acids is 1. The summed E-state index contributed by atoms with van der Waals surface area (Å²) in [5, 5.41) is 6.66. The van der Waals surface area contributed by atoms with Crippen molar-refractivity contribution in [2.24, 2.45) is 5.92 Å². The highest BCUT2D eigenvalue weighted by Crippen LogP contribution is 2.37. The molecular formula is C21H27N5O2S2. The Morgan fingerprint density at radius 3 is 2.90 bits per heavy atom. The van der Waals surface area contributed by atoms with Gasteiger partial charge in [-0.1, -0.05) is 20.3 Å². The number of fused-ring (bicyclic) bond motifs is 3. The van der Waals surface area contributed by atoms with E-state index in [2.05, 4.69) is 34.1 Å². The lowest BCUT2D eigenvalue weighted by molar-refractivity contribution is 0.0457. The molecule has 0 unspecified atom stereocenters. The number of nitrogens with two attached hydrogens (primary N) is 1. The van der Waals surface area contributed by atoms with Crippen molar-refractivity contribution < 1.29 is 9.53 Å². The molecule has 0 radical (unpaired) electrons. The number of thiophene rings is 1. The van der Waals surface area contributed by atoms with Crippen LogP contribution in [-0.4, -0.2) is 27.5 Å². The average molecular weight is 446 g/mol. The van der Waals surface area contributed by atoms with Gasteiger partial charge in [-0.15, -0.1) is 22.7 Å². The molecule has 9 heteroatoms. The minimum absolute atomic E-state index is 0.0187. The molecule has 160 valence electrons. The fraction of sp³-hybridized carbons (Fsp3) is 0.524. The lowest BCUT2D eigenvalue weighted by atomic mass is 10.1. The number of hydrogen-bond donors (Lipinski definition) is 2. The molecule has 0 saturated heterocycles. The van der Waals surface area contributed by atoms with Crippen LogP contribution in [0.4, 0.5) is 10.9 Å². The maximum absolute atomic E-state index is 12.4. The molecule has 0 bridgehead atoms. The van der Waals surface area contributed by atoms with E-state index in [-0.39, 0.29) is 6.61 Å². The molecule has 3 N–H and O–H groups in total. The zero-order valence-electron chi connectivity index (χ0n) is 17.4. The van der Waals surface area contributed by atoms with Crippen LogP contribution in [0.25, 0.3) is 10.2 Å². The van der Waals surface area contributed by atoms with Gasteiger partial charge in [-0.05, 0) is 43.6 Å². The third kappa shape index (κ3) is 4.73. The van der Waals surface area contributed by atoms with Crippen molar-refractivity contribution in [1.29, 1.82) is 0 Å². The van der Waals surface area contributed by atoms with Crippen LogP contribution in [0, 0.1) is 5.92 Å². The number of thiazole rings is 1. The third-order valence-electron chi connectivity index (χ3n) is 5.18. The fourth-order valence-corrected chi connectivity index (χ4v) is 5.59. The number of aryl methyl sites for hydroxylation is 2. The van der Waals surface area contributed by atoms with Crippen molar-refractivity contribution in [3.8, 4) is 0 Å². The van der Waals surface area contributed by atoms with Gasteiger partial charge in [0.1, 0.15) is 10.6 Å². The van der Waals surface area contributed by atoms with Gasteiger partial charge in [0.2, 0.25) is 0 Å². The lowest BCUT2D eigenvalue weighted by Crippen LogP contribution is -2.09. The van der Waals surface area contributed by atoms with Crippen LogP contribution < -0.4 is 11.1 Å². The predicted octanol–water partition coefficient (Wildman–Crippen LogP) is 4.81. The highest BCUT2D eigenvalue weighted by molar-refractivity contribution is 7.19. The number of nitrogens with one attached hydrogen (secondary N) is 1. The van der Waals surface area contributed by atoms with E-state index in [0.717, 1.165) is 41.2 Å². The van der Waals surface area contributed by atoms with E-state index >= 15 is 0 Å². The number of ether oxygens (including phenoxy) is 1. The smallest absolute Gasteiger partial charge is 0.358 e. The van der Waals surface area contributed by atoms with E-state index in [9.17, 15) is 4.79 Å². The van der Waals surface area contributed by atoms with Gasteiger partial charge >= 0.3 is 5.97 Å². The summed E-state index contributed by atoms with van der Waals surface area (Å²) in [7, 11) is 0. The third-order valence-corrected chi connectivity index (χ3v) is 7.17. The van der Waals surface area contributed by atoms with Gasteiger partial charge in [0.25, 0.3) is 0 Å². The summed E-state index contributed by atoms with van der Waals surface area (Å²) in [6.07, 6.45) is 6.81. The number of esters is 1. The Balaban J connectivity index is 1.41. The van der Waals surface area contributed by atoms with E-state index in [4.69, 9.17) is 10.5 Å². The Morgan fingerprint density at radius 1 is 1.23 bits per heavy atom. The molecule has 3 aromatic heterocycles. The minimum Gasteiger partial charge on any atom is -0.453 e. The van der Waals surface area contributed by atoms with Crippen molar-refractivity contribution in [1.82, 2.24) is 15.0 Å². The number of nitrogens with zero attached hydrogens (tertiary/aromatic N) is 3. The molecule has 30 heavy (non-hydrogen) atoms. The fourth-order valence-electron chi connectivity index (χ4n) is 3.59. The van der Waals surface area contributed by atoms with Gasteiger partial charge in [0.15, 0.2) is 23.3 Å². The molecule has 4 rings (SSSR count). The average Bonchev–Trinajstić information content (AvgIpc) is 3.24. The summed E-state index contributed by atoms with van der Waals surface area (Å²) in [6, 6.07) is 0. The van der Waals surface area contributed by atoms with E-state index in [1.807, 2.05) is 0 Å². The molecule has 1 aliphatic rings. The van der Waals surface area contributed by atoms with Gasteiger partial charge in [0.05, 0.1) is 5.39 Å². The maximum atomic E-state index is 12.4. The van der Waals surface area contributed by atoms with E-state index in [1.54, 1.807) is 16.7 Å². The first-order chi connectivity index (χ1) is 14.5. The number of hydrogen-bond acceptors (Lipinski definition) is 9. The van der Waals surface area contributed by atoms with Crippen LogP contribution >= 0.6 is 22.7 Å². The second kappa shape index (κ2) is 9.26. The van der Waals surface area contributed by atoms with Gasteiger partial charge in [-0.25, -0.2) is 19.7 Å². The molecular weight excluding hydrogens is 418 g/mol. The first-order valence-corrected chi connectivity index (χ1v) is 12.1. The molecule has 0 spiro atoms. The lowest BCUT2D eigenvalue weighted by Gasteiger charge is -2.06. The summed E-state index contributed by atoms with van der Waals surface area (Å²) in [5.41, 5.74) is 7.87. The minimum atomic E-state index is -0.479. The summed E-state index contributed by atoms with van der Waals surface area (Å²) >= 11 is 3.09. The predicted molar refractivity (Wildman–Crippen MR) is 122 cm³/mol. The second-order valence-corrected chi connectivity index (χ2v) is 9.93. The van der Waals surface area contributed by atoms with E-state index < -0.39 is 5.97 Å². The summed E-state index contributed by atoms with van der Waals surface area (Å²) in [6.45, 7) is 5.16.